The predicted octanol–water partition coefficient (Wildman–Crippen LogP) is 24.3. The van der Waals surface area contributed by atoms with Crippen LogP contribution >= 0.6 is 15.6 Å². The Kier molecular flexibility index (Phi) is 71.2. The average molecular weight is 1470 g/mol. The number of aliphatic hydroxyl groups excluding tert-OH is 1. The quantitative estimate of drug-likeness (QED) is 0.0222. The van der Waals surface area contributed by atoms with Gasteiger partial charge in [0.05, 0.1) is 26.4 Å². The van der Waals surface area contributed by atoms with Gasteiger partial charge in [0.25, 0.3) is 0 Å². The van der Waals surface area contributed by atoms with Crippen LogP contribution in [0.1, 0.15) is 427 Å². The molecule has 0 saturated carbocycles. The van der Waals surface area contributed by atoms with Crippen LogP contribution in [-0.2, 0) is 65.4 Å². The summed E-state index contributed by atoms with van der Waals surface area (Å²) in [4.78, 5) is 73.0. The van der Waals surface area contributed by atoms with E-state index in [9.17, 15) is 43.2 Å². The van der Waals surface area contributed by atoms with E-state index in [4.69, 9.17) is 37.0 Å². The maximum absolute atomic E-state index is 13.1. The van der Waals surface area contributed by atoms with Gasteiger partial charge in [-0.1, -0.05) is 375 Å². The van der Waals surface area contributed by atoms with E-state index in [1.165, 1.54) is 238 Å². The topological polar surface area (TPSA) is 237 Å². The zero-order valence-electron chi connectivity index (χ0n) is 65.5. The van der Waals surface area contributed by atoms with Gasteiger partial charge in [-0.15, -0.1) is 0 Å². The Morgan fingerprint density at radius 3 is 0.760 bits per heavy atom. The van der Waals surface area contributed by atoms with E-state index in [1.807, 2.05) is 0 Å². The van der Waals surface area contributed by atoms with Crippen LogP contribution in [0.25, 0.3) is 0 Å². The van der Waals surface area contributed by atoms with Gasteiger partial charge in [0, 0.05) is 25.7 Å². The number of phosphoric acid groups is 2. The number of hydrogen-bond donors (Lipinski definition) is 3. The smallest absolute Gasteiger partial charge is 0.462 e. The zero-order chi connectivity index (χ0) is 73.5. The molecule has 594 valence electrons. The summed E-state index contributed by atoms with van der Waals surface area (Å²) in [5.74, 6) is -0.465. The molecule has 0 aromatic rings. The Hall–Kier alpha value is -1.94. The van der Waals surface area contributed by atoms with Gasteiger partial charge >= 0.3 is 39.5 Å². The van der Waals surface area contributed by atoms with E-state index in [1.54, 1.807) is 0 Å². The number of rotatable bonds is 80. The van der Waals surface area contributed by atoms with Crippen molar-refractivity contribution in [2.24, 2.45) is 11.8 Å². The molecular weight excluding hydrogens is 1310 g/mol. The third-order valence-electron chi connectivity index (χ3n) is 19.3. The van der Waals surface area contributed by atoms with Gasteiger partial charge in [-0.25, -0.2) is 9.13 Å². The molecular formula is C81H158O17P2. The molecule has 3 N–H and O–H groups in total. The van der Waals surface area contributed by atoms with Crippen LogP contribution in [0.4, 0.5) is 0 Å². The predicted molar refractivity (Wildman–Crippen MR) is 409 cm³/mol. The van der Waals surface area contributed by atoms with E-state index in [0.717, 1.165) is 108 Å². The molecule has 3 unspecified atom stereocenters. The summed E-state index contributed by atoms with van der Waals surface area (Å²) in [7, 11) is -9.92. The molecule has 0 aromatic carbocycles. The van der Waals surface area contributed by atoms with E-state index in [-0.39, 0.29) is 25.7 Å². The Morgan fingerprint density at radius 2 is 0.510 bits per heavy atom. The molecule has 0 fully saturated rings. The van der Waals surface area contributed by atoms with Gasteiger partial charge in [0.2, 0.25) is 0 Å². The van der Waals surface area contributed by atoms with E-state index in [2.05, 4.69) is 41.5 Å². The fourth-order valence-electron chi connectivity index (χ4n) is 12.5. The molecule has 0 saturated heterocycles. The van der Waals surface area contributed by atoms with Gasteiger partial charge < -0.3 is 33.8 Å². The minimum atomic E-state index is -4.96. The molecule has 0 spiro atoms. The van der Waals surface area contributed by atoms with Crippen molar-refractivity contribution in [3.8, 4) is 0 Å². The van der Waals surface area contributed by atoms with Crippen molar-refractivity contribution in [2.75, 3.05) is 39.6 Å². The van der Waals surface area contributed by atoms with Gasteiger partial charge in [0.1, 0.15) is 19.3 Å². The molecule has 0 rings (SSSR count). The van der Waals surface area contributed by atoms with Crippen molar-refractivity contribution in [1.82, 2.24) is 0 Å². The van der Waals surface area contributed by atoms with Crippen molar-refractivity contribution in [1.29, 1.82) is 0 Å². The highest BCUT2D eigenvalue weighted by Crippen LogP contribution is 2.45. The second-order valence-electron chi connectivity index (χ2n) is 29.9. The third-order valence-corrected chi connectivity index (χ3v) is 21.2. The summed E-state index contributed by atoms with van der Waals surface area (Å²) in [5.41, 5.74) is 0. The average Bonchev–Trinajstić information content (AvgIpc) is 0.915. The number of carbonyl (C=O) groups excluding carboxylic acids is 4. The van der Waals surface area contributed by atoms with Gasteiger partial charge in [-0.2, -0.15) is 0 Å². The lowest BCUT2D eigenvalue weighted by atomic mass is 9.99. The van der Waals surface area contributed by atoms with E-state index >= 15 is 0 Å². The molecule has 0 amide bonds. The van der Waals surface area contributed by atoms with Crippen molar-refractivity contribution < 1.29 is 80.2 Å². The highest BCUT2D eigenvalue weighted by molar-refractivity contribution is 7.47. The molecule has 17 nitrogen and oxygen atoms in total. The largest absolute Gasteiger partial charge is 0.472 e. The monoisotopic (exact) mass is 1470 g/mol. The van der Waals surface area contributed by atoms with E-state index < -0.39 is 97.5 Å². The molecule has 19 heteroatoms. The molecule has 0 radical (unpaired) electrons. The Balaban J connectivity index is 5.21. The lowest BCUT2D eigenvalue weighted by Crippen LogP contribution is -2.30. The Morgan fingerprint density at radius 1 is 0.290 bits per heavy atom. The third kappa shape index (κ3) is 73.0. The molecule has 6 atom stereocenters. The maximum Gasteiger partial charge on any atom is 0.472 e. The van der Waals surface area contributed by atoms with Crippen LogP contribution in [-0.4, -0.2) is 96.7 Å². The molecule has 0 aromatic heterocycles. The summed E-state index contributed by atoms with van der Waals surface area (Å²) in [5, 5.41) is 10.6. The Labute approximate surface area is 613 Å². The molecule has 0 heterocycles. The van der Waals surface area contributed by atoms with Crippen LogP contribution in [0.15, 0.2) is 0 Å². The minimum absolute atomic E-state index is 0.108. The number of hydrogen-bond acceptors (Lipinski definition) is 15. The van der Waals surface area contributed by atoms with Gasteiger partial charge in [0.15, 0.2) is 12.2 Å². The van der Waals surface area contributed by atoms with Crippen molar-refractivity contribution in [3.05, 3.63) is 0 Å². The normalized spacial score (nSPS) is 14.2. The standard InChI is InChI=1S/C81H158O17P2/c1-7-10-12-14-16-18-19-20-21-22-23-31-36-41-47-53-59-65-80(85)97-76(69-91-78(83)63-57-51-45-17-15-13-11-8-2)71-95-99(87,88)93-67-75(82)68-94-100(89,90)96-72-77(70-92-79(84)64-58-52-46-40-35-30-26-24-28-33-38-43-49-55-61-73(4)5)98-81(86)66-60-54-48-42-37-32-27-25-29-34-39-44-50-56-62-74(6)9-3/h73-77,82H,7-72H2,1-6H3,(H,87,88)(H,89,90)/t74?,75-,76+,77+/m0/s1. The number of esters is 4. The molecule has 0 aliphatic carbocycles. The maximum atomic E-state index is 13.1. The number of phosphoric ester groups is 2. The fourth-order valence-corrected chi connectivity index (χ4v) is 14.1. The van der Waals surface area contributed by atoms with Crippen molar-refractivity contribution in [2.45, 2.75) is 445 Å². The van der Waals surface area contributed by atoms with Crippen LogP contribution in [0.2, 0.25) is 0 Å². The number of ether oxygens (including phenoxy) is 4. The summed E-state index contributed by atoms with van der Waals surface area (Å²) in [6.45, 7) is 9.69. The van der Waals surface area contributed by atoms with Crippen LogP contribution in [0, 0.1) is 11.8 Å². The van der Waals surface area contributed by atoms with Crippen molar-refractivity contribution >= 4 is 39.5 Å². The zero-order valence-corrected chi connectivity index (χ0v) is 67.3. The van der Waals surface area contributed by atoms with Gasteiger partial charge in [-0.3, -0.25) is 37.3 Å². The highest BCUT2D eigenvalue weighted by atomic mass is 31.2. The second kappa shape index (κ2) is 72.6. The van der Waals surface area contributed by atoms with Crippen LogP contribution < -0.4 is 0 Å². The van der Waals surface area contributed by atoms with Crippen molar-refractivity contribution in [3.63, 3.8) is 0 Å². The first-order valence-corrected chi connectivity index (χ1v) is 45.0. The minimum Gasteiger partial charge on any atom is -0.462 e. The number of carbonyl (C=O) groups is 4. The first-order chi connectivity index (χ1) is 48.4. The first-order valence-electron chi connectivity index (χ1n) is 42.0. The lowest BCUT2D eigenvalue weighted by molar-refractivity contribution is -0.161. The molecule has 0 aliphatic heterocycles. The number of aliphatic hydroxyl groups is 1. The van der Waals surface area contributed by atoms with Gasteiger partial charge in [-0.05, 0) is 37.5 Å². The highest BCUT2D eigenvalue weighted by Gasteiger charge is 2.30. The molecule has 100 heavy (non-hydrogen) atoms. The SMILES string of the molecule is CCCCCCCCCCCCCCCCCCCC(=O)O[C@H](COC(=O)CCCCCCCCCC)COP(=O)(O)OC[C@H](O)COP(=O)(O)OC[C@@H](COC(=O)CCCCCCCCCCCCCCCCC(C)C)OC(=O)CCCCCCCCCCCCCCCCC(C)CC. The van der Waals surface area contributed by atoms with Crippen LogP contribution in [0.3, 0.4) is 0 Å². The molecule has 0 aliphatic rings. The summed E-state index contributed by atoms with van der Waals surface area (Å²) >= 11 is 0. The summed E-state index contributed by atoms with van der Waals surface area (Å²) in [6, 6.07) is 0. The lowest BCUT2D eigenvalue weighted by Gasteiger charge is -2.21. The fraction of sp³-hybridized carbons (Fsp3) is 0.951. The summed E-state index contributed by atoms with van der Waals surface area (Å²) < 4.78 is 68.7. The van der Waals surface area contributed by atoms with E-state index in [0.29, 0.717) is 25.7 Å². The molecule has 0 bridgehead atoms. The number of unbranched alkanes of at least 4 members (excludes halogenated alkanes) is 49. The first kappa shape index (κ1) is 98.1. The van der Waals surface area contributed by atoms with Crippen LogP contribution in [0.5, 0.6) is 0 Å². The Bertz CT molecular complexity index is 1930. The second-order valence-corrected chi connectivity index (χ2v) is 32.8. The summed E-state index contributed by atoms with van der Waals surface area (Å²) in [6.07, 6.45) is 62.4.